The number of aromatic nitrogens is 2. The summed E-state index contributed by atoms with van der Waals surface area (Å²) in [5.41, 5.74) is 3.45. The van der Waals surface area contributed by atoms with Crippen LogP contribution in [-0.4, -0.2) is 15.9 Å². The summed E-state index contributed by atoms with van der Waals surface area (Å²) in [5, 5.41) is 11.6. The number of carbonyl (C=O) groups is 1. The van der Waals surface area contributed by atoms with Gasteiger partial charge in [-0.1, -0.05) is 0 Å². The second kappa shape index (κ2) is 5.17. The van der Waals surface area contributed by atoms with Gasteiger partial charge >= 0.3 is 0 Å². The van der Waals surface area contributed by atoms with Crippen molar-refractivity contribution in [3.05, 3.63) is 47.5 Å². The minimum atomic E-state index is -0.0291. The van der Waals surface area contributed by atoms with E-state index < -0.39 is 0 Å². The fraction of sp³-hybridized carbons (Fsp3) is 0.267. The first-order valence-corrected chi connectivity index (χ1v) is 6.58. The Balaban J connectivity index is 1.66. The van der Waals surface area contributed by atoms with Crippen LogP contribution in [0.15, 0.2) is 30.6 Å². The highest BCUT2D eigenvalue weighted by Gasteiger charge is 2.26. The van der Waals surface area contributed by atoms with Crippen LogP contribution in [0.5, 0.6) is 0 Å². The van der Waals surface area contributed by atoms with Gasteiger partial charge in [-0.2, -0.15) is 5.26 Å². The monoisotopic (exact) mass is 266 g/mol. The van der Waals surface area contributed by atoms with Gasteiger partial charge in [0, 0.05) is 23.7 Å². The van der Waals surface area contributed by atoms with Gasteiger partial charge in [-0.05, 0) is 37.1 Å². The molecule has 0 saturated heterocycles. The molecular formula is C15H14N4O. The van der Waals surface area contributed by atoms with Crippen molar-refractivity contribution in [2.75, 3.05) is 5.32 Å². The molecule has 5 heteroatoms. The van der Waals surface area contributed by atoms with E-state index in [0.29, 0.717) is 12.0 Å². The van der Waals surface area contributed by atoms with Crippen LogP contribution in [0.3, 0.4) is 0 Å². The van der Waals surface area contributed by atoms with Crippen LogP contribution in [-0.2, 0) is 17.6 Å². The summed E-state index contributed by atoms with van der Waals surface area (Å²) in [7, 11) is 0. The number of aryl methyl sites for hydroxylation is 1. The average molecular weight is 266 g/mol. The smallest absolute Gasteiger partial charge is 0.227 e. The molecule has 1 heterocycles. The number of hydrogen-bond acceptors (Lipinski definition) is 3. The van der Waals surface area contributed by atoms with Gasteiger partial charge in [-0.3, -0.25) is 4.79 Å². The SMILES string of the molecule is N#Cc1ccc(NC(=O)C2CCc3nc[nH]c3C2)cc1. The van der Waals surface area contributed by atoms with Crippen molar-refractivity contribution in [3.8, 4) is 6.07 Å². The zero-order chi connectivity index (χ0) is 13.9. The Morgan fingerprint density at radius 2 is 2.20 bits per heavy atom. The number of nitriles is 1. The molecule has 20 heavy (non-hydrogen) atoms. The number of carbonyl (C=O) groups excluding carboxylic acids is 1. The molecule has 1 amide bonds. The topological polar surface area (TPSA) is 81.6 Å². The molecule has 1 aromatic heterocycles. The number of nitrogens with zero attached hydrogens (tertiary/aromatic N) is 2. The summed E-state index contributed by atoms with van der Waals surface area (Å²) in [6.45, 7) is 0. The molecule has 1 atom stereocenters. The average Bonchev–Trinajstić information content (AvgIpc) is 2.95. The molecule has 0 fully saturated rings. The Morgan fingerprint density at radius 3 is 2.95 bits per heavy atom. The molecule has 0 bridgehead atoms. The fourth-order valence-corrected chi connectivity index (χ4v) is 2.50. The third kappa shape index (κ3) is 2.41. The molecule has 0 saturated carbocycles. The molecule has 3 rings (SSSR count). The lowest BCUT2D eigenvalue weighted by atomic mass is 9.89. The Hall–Kier alpha value is -2.61. The van der Waals surface area contributed by atoms with Crippen LogP contribution in [0.2, 0.25) is 0 Å². The number of amides is 1. The van der Waals surface area contributed by atoms with Gasteiger partial charge in [0.25, 0.3) is 0 Å². The normalized spacial score (nSPS) is 17.1. The largest absolute Gasteiger partial charge is 0.348 e. The molecular weight excluding hydrogens is 252 g/mol. The number of aromatic amines is 1. The zero-order valence-corrected chi connectivity index (χ0v) is 10.9. The van der Waals surface area contributed by atoms with E-state index in [2.05, 4.69) is 21.4 Å². The van der Waals surface area contributed by atoms with Crippen molar-refractivity contribution in [2.24, 2.45) is 5.92 Å². The highest BCUT2D eigenvalue weighted by atomic mass is 16.1. The van der Waals surface area contributed by atoms with Gasteiger partial charge in [0.2, 0.25) is 5.91 Å². The van der Waals surface area contributed by atoms with E-state index in [9.17, 15) is 4.79 Å². The first-order chi connectivity index (χ1) is 9.76. The molecule has 0 radical (unpaired) electrons. The molecule has 5 nitrogen and oxygen atoms in total. The number of nitrogens with one attached hydrogen (secondary N) is 2. The van der Waals surface area contributed by atoms with E-state index in [4.69, 9.17) is 5.26 Å². The summed E-state index contributed by atoms with van der Waals surface area (Å²) in [6, 6.07) is 8.95. The molecule has 2 N–H and O–H groups in total. The standard InChI is InChI=1S/C15H14N4O/c16-8-10-1-4-12(5-2-10)19-15(20)11-3-6-13-14(7-11)18-9-17-13/h1-2,4-5,9,11H,3,6-7H2,(H,17,18)(H,19,20). The van der Waals surface area contributed by atoms with Crippen molar-refractivity contribution in [1.29, 1.82) is 5.26 Å². The van der Waals surface area contributed by atoms with Crippen molar-refractivity contribution in [1.82, 2.24) is 9.97 Å². The third-order valence-corrected chi connectivity index (χ3v) is 3.64. The van der Waals surface area contributed by atoms with Crippen LogP contribution < -0.4 is 5.32 Å². The lowest BCUT2D eigenvalue weighted by Gasteiger charge is -2.20. The molecule has 2 aromatic rings. The van der Waals surface area contributed by atoms with E-state index in [-0.39, 0.29) is 11.8 Å². The van der Waals surface area contributed by atoms with Crippen molar-refractivity contribution in [2.45, 2.75) is 19.3 Å². The van der Waals surface area contributed by atoms with E-state index in [1.54, 1.807) is 30.6 Å². The number of fused-ring (bicyclic) bond motifs is 1. The zero-order valence-electron chi connectivity index (χ0n) is 10.9. The quantitative estimate of drug-likeness (QED) is 0.872. The fourth-order valence-electron chi connectivity index (χ4n) is 2.50. The Kier molecular flexibility index (Phi) is 3.21. The first-order valence-electron chi connectivity index (χ1n) is 6.58. The number of rotatable bonds is 2. The summed E-state index contributed by atoms with van der Waals surface area (Å²) >= 11 is 0. The number of anilines is 1. The Labute approximate surface area is 116 Å². The minimum absolute atomic E-state index is 0.0231. The Morgan fingerprint density at radius 1 is 1.40 bits per heavy atom. The summed E-state index contributed by atoms with van der Waals surface area (Å²) in [6.07, 6.45) is 4.05. The minimum Gasteiger partial charge on any atom is -0.348 e. The van der Waals surface area contributed by atoms with Crippen LogP contribution in [0, 0.1) is 17.2 Å². The second-order valence-electron chi connectivity index (χ2n) is 4.95. The molecule has 1 aromatic carbocycles. The maximum Gasteiger partial charge on any atom is 0.227 e. The van der Waals surface area contributed by atoms with E-state index >= 15 is 0 Å². The van der Waals surface area contributed by atoms with Crippen LogP contribution in [0.25, 0.3) is 0 Å². The van der Waals surface area contributed by atoms with Crippen molar-refractivity contribution in [3.63, 3.8) is 0 Å². The van der Waals surface area contributed by atoms with Gasteiger partial charge in [0.15, 0.2) is 0 Å². The highest BCUT2D eigenvalue weighted by Crippen LogP contribution is 2.24. The number of imidazole rings is 1. The molecule has 0 aliphatic heterocycles. The van der Waals surface area contributed by atoms with Gasteiger partial charge in [0.05, 0.1) is 23.7 Å². The summed E-state index contributed by atoms with van der Waals surface area (Å²) in [5.74, 6) is -0.00597. The van der Waals surface area contributed by atoms with E-state index in [0.717, 1.165) is 29.9 Å². The lowest BCUT2D eigenvalue weighted by Crippen LogP contribution is -2.28. The Bertz CT molecular complexity index is 666. The van der Waals surface area contributed by atoms with Crippen LogP contribution in [0.1, 0.15) is 23.4 Å². The van der Waals surface area contributed by atoms with E-state index in [1.165, 1.54) is 0 Å². The highest BCUT2D eigenvalue weighted by molar-refractivity contribution is 5.92. The van der Waals surface area contributed by atoms with Gasteiger partial charge < -0.3 is 10.3 Å². The predicted octanol–water partition coefficient (Wildman–Crippen LogP) is 2.02. The predicted molar refractivity (Wildman–Crippen MR) is 73.9 cm³/mol. The van der Waals surface area contributed by atoms with Gasteiger partial charge in [0.1, 0.15) is 0 Å². The maximum atomic E-state index is 12.2. The van der Waals surface area contributed by atoms with Crippen molar-refractivity contribution < 1.29 is 4.79 Å². The van der Waals surface area contributed by atoms with E-state index in [1.807, 2.05) is 0 Å². The molecule has 1 unspecified atom stereocenters. The van der Waals surface area contributed by atoms with Gasteiger partial charge in [-0.25, -0.2) is 4.98 Å². The van der Waals surface area contributed by atoms with Crippen molar-refractivity contribution >= 4 is 11.6 Å². The molecule has 0 spiro atoms. The van der Waals surface area contributed by atoms with Gasteiger partial charge in [-0.15, -0.1) is 0 Å². The maximum absolute atomic E-state index is 12.2. The number of H-pyrrole nitrogens is 1. The summed E-state index contributed by atoms with van der Waals surface area (Å²) in [4.78, 5) is 19.6. The number of hydrogen-bond donors (Lipinski definition) is 2. The number of benzene rings is 1. The summed E-state index contributed by atoms with van der Waals surface area (Å²) < 4.78 is 0. The lowest BCUT2D eigenvalue weighted by molar-refractivity contribution is -0.120. The first kappa shape index (κ1) is 12.4. The molecule has 1 aliphatic carbocycles. The molecule has 1 aliphatic rings. The second-order valence-corrected chi connectivity index (χ2v) is 4.95. The third-order valence-electron chi connectivity index (χ3n) is 3.64. The van der Waals surface area contributed by atoms with Crippen LogP contribution in [0.4, 0.5) is 5.69 Å². The van der Waals surface area contributed by atoms with Crippen LogP contribution >= 0.6 is 0 Å². The molecule has 100 valence electrons.